The number of alkyl halides is 2. The summed E-state index contributed by atoms with van der Waals surface area (Å²) >= 11 is 7.13. The molecule has 0 aliphatic carbocycles. The van der Waals surface area contributed by atoms with Crippen molar-refractivity contribution in [2.75, 3.05) is 5.32 Å². The highest BCUT2D eigenvalue weighted by Gasteiger charge is 2.29. The number of pyridine rings is 1. The smallest absolute Gasteiger partial charge is 0.280 e. The summed E-state index contributed by atoms with van der Waals surface area (Å²) in [7, 11) is 1.72. The van der Waals surface area contributed by atoms with Gasteiger partial charge in [-0.2, -0.15) is 10.2 Å². The Balaban J connectivity index is 1.93. The number of aryl methyl sites for hydroxylation is 2. The van der Waals surface area contributed by atoms with Gasteiger partial charge in [-0.15, -0.1) is 11.3 Å². The Bertz CT molecular complexity index is 1510. The van der Waals surface area contributed by atoms with Crippen LogP contribution in [0.25, 0.3) is 21.3 Å². The van der Waals surface area contributed by atoms with Crippen LogP contribution in [0.15, 0.2) is 12.3 Å². The van der Waals surface area contributed by atoms with Gasteiger partial charge in [0.05, 0.1) is 28.3 Å². The van der Waals surface area contributed by atoms with Crippen LogP contribution in [-0.2, 0) is 11.8 Å². The number of carbonyl (C=O) groups is 2. The normalized spacial score (nSPS) is 12.5. The number of carbonyl (C=O) groups excluding carboxylic acids is 2. The molecule has 36 heavy (non-hydrogen) atoms. The molecule has 0 radical (unpaired) electrons. The lowest BCUT2D eigenvalue weighted by Gasteiger charge is -2.18. The number of nitrogens with two attached hydrogens (primary N) is 1. The van der Waals surface area contributed by atoms with Crippen molar-refractivity contribution in [2.45, 2.75) is 46.6 Å². The molecular formula is C23H24ClF2N7O2S. The van der Waals surface area contributed by atoms with E-state index in [-0.39, 0.29) is 15.4 Å². The number of nitrogens with zero attached hydrogens (tertiary/aromatic N) is 5. The molecule has 0 spiro atoms. The number of halogens is 3. The molecule has 0 saturated heterocycles. The summed E-state index contributed by atoms with van der Waals surface area (Å²) in [6.07, 6.45) is -0.928. The Morgan fingerprint density at radius 1 is 1.22 bits per heavy atom. The van der Waals surface area contributed by atoms with Crippen molar-refractivity contribution in [1.82, 2.24) is 24.5 Å². The summed E-state index contributed by atoms with van der Waals surface area (Å²) in [4.78, 5) is 30.1. The maximum Gasteiger partial charge on any atom is 0.280 e. The van der Waals surface area contributed by atoms with Crippen molar-refractivity contribution >= 4 is 50.7 Å². The quantitative estimate of drug-likeness (QED) is 0.341. The first-order valence-electron chi connectivity index (χ1n) is 11.0. The first kappa shape index (κ1) is 25.7. The van der Waals surface area contributed by atoms with Gasteiger partial charge in [-0.05, 0) is 38.8 Å². The highest BCUT2D eigenvalue weighted by Crippen LogP contribution is 2.43. The molecule has 1 atom stereocenters. The van der Waals surface area contributed by atoms with Crippen molar-refractivity contribution in [3.63, 3.8) is 0 Å². The van der Waals surface area contributed by atoms with E-state index in [9.17, 15) is 18.4 Å². The van der Waals surface area contributed by atoms with E-state index in [2.05, 4.69) is 20.5 Å². The van der Waals surface area contributed by atoms with Crippen LogP contribution in [-0.4, -0.2) is 36.4 Å². The summed E-state index contributed by atoms with van der Waals surface area (Å²) < 4.78 is 30.6. The maximum atomic E-state index is 13.7. The maximum absolute atomic E-state index is 13.7. The lowest BCUT2D eigenvalue weighted by molar-refractivity contribution is -0.119. The highest BCUT2D eigenvalue weighted by atomic mass is 35.5. The summed E-state index contributed by atoms with van der Waals surface area (Å²) in [5, 5.41) is 12.2. The number of hydrogen-bond donors (Lipinski definition) is 2. The van der Waals surface area contributed by atoms with Gasteiger partial charge in [-0.25, -0.2) is 13.8 Å². The van der Waals surface area contributed by atoms with Crippen molar-refractivity contribution in [2.24, 2.45) is 12.8 Å². The van der Waals surface area contributed by atoms with Crippen molar-refractivity contribution < 1.29 is 18.4 Å². The average Bonchev–Trinajstić information content (AvgIpc) is 3.44. The first-order chi connectivity index (χ1) is 17.0. The Kier molecular flexibility index (Phi) is 6.84. The minimum absolute atomic E-state index is 0.00122. The van der Waals surface area contributed by atoms with Crippen LogP contribution in [0, 0.1) is 20.8 Å². The topological polar surface area (TPSA) is 121 Å². The minimum atomic E-state index is -2.84. The fourth-order valence-electron chi connectivity index (χ4n) is 4.12. The zero-order valence-electron chi connectivity index (χ0n) is 20.2. The number of rotatable bonds is 7. The molecule has 4 aromatic rings. The van der Waals surface area contributed by atoms with Crippen LogP contribution in [0.1, 0.15) is 58.3 Å². The number of hydrogen-bond acceptors (Lipinski definition) is 6. The third-order valence-corrected chi connectivity index (χ3v) is 7.77. The van der Waals surface area contributed by atoms with Crippen LogP contribution in [0.2, 0.25) is 5.02 Å². The van der Waals surface area contributed by atoms with Crippen LogP contribution in [0.4, 0.5) is 14.5 Å². The van der Waals surface area contributed by atoms with E-state index in [0.717, 1.165) is 11.3 Å². The van der Waals surface area contributed by atoms with Gasteiger partial charge in [-0.3, -0.25) is 19.0 Å². The Morgan fingerprint density at radius 2 is 1.92 bits per heavy atom. The second-order valence-corrected chi connectivity index (χ2v) is 9.73. The van der Waals surface area contributed by atoms with Gasteiger partial charge in [-0.1, -0.05) is 18.5 Å². The average molecular weight is 536 g/mol. The van der Waals surface area contributed by atoms with Gasteiger partial charge >= 0.3 is 0 Å². The van der Waals surface area contributed by atoms with E-state index >= 15 is 0 Å². The molecule has 2 amide bonds. The van der Waals surface area contributed by atoms with Crippen LogP contribution in [0.5, 0.6) is 0 Å². The van der Waals surface area contributed by atoms with E-state index in [0.29, 0.717) is 45.0 Å². The number of thiophene rings is 1. The molecule has 4 aromatic heterocycles. The third-order valence-electron chi connectivity index (χ3n) is 6.12. The number of amides is 2. The van der Waals surface area contributed by atoms with Gasteiger partial charge < -0.3 is 11.1 Å². The fourth-order valence-corrected chi connectivity index (χ4v) is 5.26. The molecule has 0 saturated carbocycles. The number of nitrogens with one attached hydrogen (secondary N) is 1. The highest BCUT2D eigenvalue weighted by molar-refractivity contribution is 7.21. The molecule has 9 nitrogen and oxygen atoms in total. The van der Waals surface area contributed by atoms with Crippen molar-refractivity contribution in [3.05, 3.63) is 44.9 Å². The van der Waals surface area contributed by atoms with E-state index in [1.807, 2.05) is 6.92 Å². The second kappa shape index (κ2) is 9.58. The lowest BCUT2D eigenvalue weighted by Crippen LogP contribution is -2.28. The predicted molar refractivity (Wildman–Crippen MR) is 135 cm³/mol. The number of anilines is 1. The van der Waals surface area contributed by atoms with Gasteiger partial charge in [0.1, 0.15) is 21.4 Å². The zero-order valence-corrected chi connectivity index (χ0v) is 21.8. The first-order valence-corrected chi connectivity index (χ1v) is 12.2. The van der Waals surface area contributed by atoms with Crippen molar-refractivity contribution in [1.29, 1.82) is 0 Å². The molecule has 0 aromatic carbocycles. The molecule has 13 heteroatoms. The number of primary amides is 1. The number of fused-ring (bicyclic) bond motifs is 1. The third kappa shape index (κ3) is 4.24. The van der Waals surface area contributed by atoms with E-state index in [4.69, 9.17) is 17.3 Å². The van der Waals surface area contributed by atoms with Gasteiger partial charge in [0.15, 0.2) is 0 Å². The van der Waals surface area contributed by atoms with Crippen LogP contribution < -0.4 is 11.1 Å². The van der Waals surface area contributed by atoms with Crippen LogP contribution >= 0.6 is 22.9 Å². The number of aromatic nitrogens is 5. The van der Waals surface area contributed by atoms with E-state index in [1.165, 1.54) is 10.7 Å². The minimum Gasteiger partial charge on any atom is -0.365 e. The molecule has 0 fully saturated rings. The molecule has 1 unspecified atom stereocenters. The van der Waals surface area contributed by atoms with Gasteiger partial charge in [0.2, 0.25) is 5.91 Å². The molecule has 0 aliphatic heterocycles. The summed E-state index contributed by atoms with van der Waals surface area (Å²) in [6.45, 7) is 7.10. The Morgan fingerprint density at radius 3 is 2.42 bits per heavy atom. The standard InChI is InChI=1S/C23H24ClF2N7O2S/c1-6-15(33-11(4)17(24)9(2)31-33)22(35)30-18-16-12(13-8-28-32(5)10(13)3)7-14(20(25)26)29-23(16)36-19(18)21(27)34/h7-8,15,20H,6H2,1-5H3,(H2,27,34)(H,30,35). The van der Waals surface area contributed by atoms with Gasteiger partial charge in [0, 0.05) is 23.7 Å². The van der Waals surface area contributed by atoms with E-state index in [1.54, 1.807) is 38.7 Å². The molecular weight excluding hydrogens is 512 g/mol. The molecule has 4 heterocycles. The molecule has 3 N–H and O–H groups in total. The largest absolute Gasteiger partial charge is 0.365 e. The monoisotopic (exact) mass is 535 g/mol. The Hall–Kier alpha value is -3.38. The summed E-state index contributed by atoms with van der Waals surface area (Å²) in [5.41, 5.74) is 8.12. The Labute approximate surface area is 214 Å². The molecule has 4 rings (SSSR count). The molecule has 0 aliphatic rings. The second-order valence-electron chi connectivity index (χ2n) is 8.36. The van der Waals surface area contributed by atoms with Crippen molar-refractivity contribution in [3.8, 4) is 11.1 Å². The molecule has 0 bridgehead atoms. The SMILES string of the molecule is CCC(C(=O)Nc1c(C(N)=O)sc2nc(C(F)F)cc(-c3cnn(C)c3C)c12)n1nc(C)c(Cl)c1C. The summed E-state index contributed by atoms with van der Waals surface area (Å²) in [6, 6.07) is 0.506. The van der Waals surface area contributed by atoms with E-state index < -0.39 is 30.0 Å². The van der Waals surface area contributed by atoms with Gasteiger partial charge in [0.25, 0.3) is 12.3 Å². The zero-order chi connectivity index (χ0) is 26.5. The predicted octanol–water partition coefficient (Wildman–Crippen LogP) is 5.10. The lowest BCUT2D eigenvalue weighted by atomic mass is 10.0. The fraction of sp³-hybridized carbons (Fsp3) is 0.348. The molecule has 190 valence electrons. The summed E-state index contributed by atoms with van der Waals surface area (Å²) in [5.74, 6) is -1.28. The van der Waals surface area contributed by atoms with Crippen LogP contribution in [0.3, 0.4) is 0 Å².